The highest BCUT2D eigenvalue weighted by atomic mass is 32.1. The van der Waals surface area contributed by atoms with Gasteiger partial charge in [0.1, 0.15) is 0 Å². The van der Waals surface area contributed by atoms with Crippen LogP contribution >= 0.6 is 12.2 Å². The van der Waals surface area contributed by atoms with E-state index in [-0.39, 0.29) is 0 Å². The van der Waals surface area contributed by atoms with E-state index in [0.29, 0.717) is 6.67 Å². The van der Waals surface area contributed by atoms with Crippen LogP contribution in [0.4, 0.5) is 0 Å². The first kappa shape index (κ1) is 20.6. The van der Waals surface area contributed by atoms with E-state index in [1.54, 1.807) is 14.2 Å². The van der Waals surface area contributed by atoms with Crippen molar-refractivity contribution in [2.24, 2.45) is 0 Å². The molecule has 158 valence electrons. The van der Waals surface area contributed by atoms with Gasteiger partial charge in [-0.25, -0.2) is 4.68 Å². The maximum absolute atomic E-state index is 5.77. The summed E-state index contributed by atoms with van der Waals surface area (Å²) in [6.45, 7) is 7.46. The molecule has 1 aliphatic heterocycles. The van der Waals surface area contributed by atoms with Crippen molar-refractivity contribution in [3.05, 3.63) is 57.9 Å². The van der Waals surface area contributed by atoms with Gasteiger partial charge in [0, 0.05) is 25.2 Å². The molecule has 3 aromatic rings. The molecule has 6 nitrogen and oxygen atoms in total. The fourth-order valence-corrected chi connectivity index (χ4v) is 4.41. The Bertz CT molecular complexity index is 1120. The third-order valence-electron chi connectivity index (χ3n) is 5.76. The molecule has 1 aliphatic rings. The fourth-order valence-electron chi connectivity index (χ4n) is 4.09. The average Bonchev–Trinajstić information content (AvgIpc) is 3.07. The van der Waals surface area contributed by atoms with Crippen LogP contribution in [-0.4, -0.2) is 40.0 Å². The van der Waals surface area contributed by atoms with Gasteiger partial charge in [-0.2, -0.15) is 5.10 Å². The molecular weight excluding hydrogens is 396 g/mol. The van der Waals surface area contributed by atoms with Crippen molar-refractivity contribution in [1.82, 2.24) is 19.2 Å². The van der Waals surface area contributed by atoms with Gasteiger partial charge in [-0.3, -0.25) is 4.90 Å². The SMILES string of the molecule is CCn1c(-c2ccccc2C)nn(CN2CCc3cc(OC)c(OC)cc3C2)c1=S. The van der Waals surface area contributed by atoms with Crippen LogP contribution in [0.15, 0.2) is 36.4 Å². The summed E-state index contributed by atoms with van der Waals surface area (Å²) in [6.07, 6.45) is 0.960. The van der Waals surface area contributed by atoms with Gasteiger partial charge < -0.3 is 14.0 Å². The standard InChI is InChI=1S/C23H28N4O2S/c1-5-26-22(19-9-7-6-8-16(19)2)24-27(23(26)30)15-25-11-10-17-12-20(28-3)21(29-4)13-18(17)14-25/h6-9,12-13H,5,10-11,14-15H2,1-4H3. The second kappa shape index (κ2) is 8.62. The zero-order valence-corrected chi connectivity index (χ0v) is 18.8. The van der Waals surface area contributed by atoms with Crippen LogP contribution in [0.5, 0.6) is 11.5 Å². The second-order valence-electron chi connectivity index (χ2n) is 7.58. The van der Waals surface area contributed by atoms with E-state index < -0.39 is 0 Å². The lowest BCUT2D eigenvalue weighted by Crippen LogP contribution is -2.33. The van der Waals surface area contributed by atoms with Crippen LogP contribution in [-0.2, 0) is 26.2 Å². The molecular formula is C23H28N4O2S. The number of fused-ring (bicyclic) bond motifs is 1. The Hall–Kier alpha value is -2.64. The minimum atomic E-state index is 0.665. The van der Waals surface area contributed by atoms with E-state index in [1.165, 1.54) is 16.7 Å². The van der Waals surface area contributed by atoms with Crippen LogP contribution < -0.4 is 9.47 Å². The lowest BCUT2D eigenvalue weighted by molar-refractivity contribution is 0.187. The summed E-state index contributed by atoms with van der Waals surface area (Å²) in [7, 11) is 3.35. The van der Waals surface area contributed by atoms with Crippen LogP contribution in [0.3, 0.4) is 0 Å². The number of methoxy groups -OCH3 is 2. The van der Waals surface area contributed by atoms with E-state index in [9.17, 15) is 0 Å². The first-order chi connectivity index (χ1) is 14.5. The van der Waals surface area contributed by atoms with Gasteiger partial charge in [0.2, 0.25) is 0 Å². The summed E-state index contributed by atoms with van der Waals surface area (Å²) < 4.78 is 15.8. The molecule has 2 heterocycles. The summed E-state index contributed by atoms with van der Waals surface area (Å²) in [5.74, 6) is 2.49. The highest BCUT2D eigenvalue weighted by Crippen LogP contribution is 2.33. The number of hydrogen-bond donors (Lipinski definition) is 0. The maximum Gasteiger partial charge on any atom is 0.199 e. The van der Waals surface area contributed by atoms with Gasteiger partial charge >= 0.3 is 0 Å². The smallest absolute Gasteiger partial charge is 0.199 e. The minimum absolute atomic E-state index is 0.665. The van der Waals surface area contributed by atoms with Gasteiger partial charge in [0.15, 0.2) is 22.1 Å². The summed E-state index contributed by atoms with van der Waals surface area (Å²) >= 11 is 5.77. The number of benzene rings is 2. The Labute approximate surface area is 182 Å². The van der Waals surface area contributed by atoms with Gasteiger partial charge in [0.25, 0.3) is 0 Å². The predicted molar refractivity (Wildman–Crippen MR) is 121 cm³/mol. The Morgan fingerprint density at radius 3 is 2.43 bits per heavy atom. The largest absolute Gasteiger partial charge is 0.493 e. The number of aromatic nitrogens is 3. The predicted octanol–water partition coefficient (Wildman–Crippen LogP) is 4.44. The molecule has 30 heavy (non-hydrogen) atoms. The van der Waals surface area contributed by atoms with Crippen molar-refractivity contribution in [3.8, 4) is 22.9 Å². The van der Waals surface area contributed by atoms with E-state index in [4.69, 9.17) is 26.8 Å². The van der Waals surface area contributed by atoms with E-state index >= 15 is 0 Å². The summed E-state index contributed by atoms with van der Waals surface area (Å²) in [5.41, 5.74) is 4.91. The summed E-state index contributed by atoms with van der Waals surface area (Å²) in [4.78, 5) is 2.37. The number of ether oxygens (including phenoxy) is 2. The quantitative estimate of drug-likeness (QED) is 0.547. The Balaban J connectivity index is 1.62. The first-order valence-electron chi connectivity index (χ1n) is 10.3. The van der Waals surface area contributed by atoms with E-state index in [0.717, 1.165) is 53.7 Å². The zero-order valence-electron chi connectivity index (χ0n) is 18.0. The zero-order chi connectivity index (χ0) is 21.3. The van der Waals surface area contributed by atoms with Gasteiger partial charge in [-0.1, -0.05) is 24.3 Å². The molecule has 0 unspecified atom stereocenters. The van der Waals surface area contributed by atoms with Gasteiger partial charge in [0.05, 0.1) is 20.9 Å². The van der Waals surface area contributed by atoms with Crippen molar-refractivity contribution in [3.63, 3.8) is 0 Å². The molecule has 0 saturated carbocycles. The number of aryl methyl sites for hydroxylation is 1. The van der Waals surface area contributed by atoms with Crippen LogP contribution in [0.1, 0.15) is 23.6 Å². The Kier molecular flexibility index (Phi) is 5.92. The third kappa shape index (κ3) is 3.75. The Morgan fingerprint density at radius 1 is 1.07 bits per heavy atom. The molecule has 2 aromatic carbocycles. The molecule has 4 rings (SSSR count). The van der Waals surface area contributed by atoms with Crippen LogP contribution in [0, 0.1) is 11.7 Å². The molecule has 0 amide bonds. The Morgan fingerprint density at radius 2 is 1.77 bits per heavy atom. The molecule has 0 N–H and O–H groups in total. The highest BCUT2D eigenvalue weighted by Gasteiger charge is 2.21. The topological polar surface area (TPSA) is 44.5 Å². The van der Waals surface area contributed by atoms with Crippen LogP contribution in [0.25, 0.3) is 11.4 Å². The van der Waals surface area contributed by atoms with E-state index in [2.05, 4.69) is 53.6 Å². The normalized spacial score (nSPS) is 13.9. The third-order valence-corrected chi connectivity index (χ3v) is 6.19. The number of hydrogen-bond acceptors (Lipinski definition) is 5. The van der Waals surface area contributed by atoms with Gasteiger partial charge in [-0.05, 0) is 61.3 Å². The molecule has 0 spiro atoms. The molecule has 1 aromatic heterocycles. The van der Waals surface area contributed by atoms with Crippen molar-refractivity contribution in [2.45, 2.75) is 40.0 Å². The summed E-state index contributed by atoms with van der Waals surface area (Å²) in [6, 6.07) is 12.5. The number of rotatable bonds is 6. The molecule has 0 saturated heterocycles. The molecule has 0 atom stereocenters. The average molecular weight is 425 g/mol. The van der Waals surface area contributed by atoms with Gasteiger partial charge in [-0.15, -0.1) is 0 Å². The lowest BCUT2D eigenvalue weighted by atomic mass is 9.99. The van der Waals surface area contributed by atoms with Crippen molar-refractivity contribution >= 4 is 12.2 Å². The second-order valence-corrected chi connectivity index (χ2v) is 7.95. The van der Waals surface area contributed by atoms with E-state index in [1.807, 2.05) is 10.7 Å². The van der Waals surface area contributed by atoms with Crippen molar-refractivity contribution in [1.29, 1.82) is 0 Å². The molecule has 7 heteroatoms. The summed E-state index contributed by atoms with van der Waals surface area (Å²) in [5, 5.41) is 4.91. The maximum atomic E-state index is 5.77. The lowest BCUT2D eigenvalue weighted by Gasteiger charge is -2.29. The minimum Gasteiger partial charge on any atom is -0.493 e. The fraction of sp³-hybridized carbons (Fsp3) is 0.391. The van der Waals surface area contributed by atoms with Crippen LogP contribution in [0.2, 0.25) is 0 Å². The highest BCUT2D eigenvalue weighted by molar-refractivity contribution is 7.71. The van der Waals surface area contributed by atoms with Crippen molar-refractivity contribution < 1.29 is 9.47 Å². The molecule has 0 aliphatic carbocycles. The molecule has 0 radical (unpaired) electrons. The van der Waals surface area contributed by atoms with Crippen molar-refractivity contribution in [2.75, 3.05) is 20.8 Å². The first-order valence-corrected chi connectivity index (χ1v) is 10.7. The molecule has 0 fully saturated rings. The monoisotopic (exact) mass is 424 g/mol. The molecule has 0 bridgehead atoms. The number of nitrogens with zero attached hydrogens (tertiary/aromatic N) is 4.